The Hall–Kier alpha value is -1.57. The average molecular weight is 408 g/mol. The van der Waals surface area contributed by atoms with E-state index in [1.165, 1.54) is 30.2 Å². The normalized spacial score (nSPS) is 16.9. The number of nitrogens with zero attached hydrogens (tertiary/aromatic N) is 4. The molecule has 0 spiro atoms. The second-order valence-corrected chi connectivity index (χ2v) is 8.01. The predicted molar refractivity (Wildman–Crippen MR) is 111 cm³/mol. The summed E-state index contributed by atoms with van der Waals surface area (Å²) in [5.74, 6) is 2.24. The molecule has 1 aromatic heterocycles. The Balaban J connectivity index is 0.00000210. The molecular formula is C19H26ClN5OS. The Kier molecular flexibility index (Phi) is 6.78. The van der Waals surface area contributed by atoms with Crippen LogP contribution in [0.15, 0.2) is 29.4 Å². The van der Waals surface area contributed by atoms with Crippen LogP contribution in [0.5, 0.6) is 0 Å². The summed E-state index contributed by atoms with van der Waals surface area (Å²) in [4.78, 5) is 14.6. The number of amides is 1. The van der Waals surface area contributed by atoms with Gasteiger partial charge in [0.2, 0.25) is 5.91 Å². The van der Waals surface area contributed by atoms with E-state index < -0.39 is 0 Å². The van der Waals surface area contributed by atoms with Crippen molar-refractivity contribution in [3.05, 3.63) is 35.7 Å². The average Bonchev–Trinajstić information content (AvgIpc) is 3.25. The summed E-state index contributed by atoms with van der Waals surface area (Å²) in [6.45, 7) is 2.96. The lowest BCUT2D eigenvalue weighted by Gasteiger charge is -2.21. The van der Waals surface area contributed by atoms with E-state index in [4.69, 9.17) is 0 Å². The summed E-state index contributed by atoms with van der Waals surface area (Å²) in [5.41, 5.74) is 2.32. The van der Waals surface area contributed by atoms with Crippen LogP contribution in [0.2, 0.25) is 0 Å². The number of rotatable bonds is 5. The lowest BCUT2D eigenvalue weighted by Crippen LogP contribution is -2.30. The van der Waals surface area contributed by atoms with E-state index in [1.807, 2.05) is 30.1 Å². The number of nitrogens with one attached hydrogen (secondary N) is 1. The van der Waals surface area contributed by atoms with Crippen molar-refractivity contribution in [3.8, 4) is 0 Å². The summed E-state index contributed by atoms with van der Waals surface area (Å²) in [6.07, 6.45) is 4.31. The summed E-state index contributed by atoms with van der Waals surface area (Å²) in [5, 5.41) is 12.9. The summed E-state index contributed by atoms with van der Waals surface area (Å²) >= 11 is 1.49. The minimum Gasteiger partial charge on any atom is -0.317 e. The van der Waals surface area contributed by atoms with Crippen LogP contribution in [0, 0.1) is 5.92 Å². The number of hydrogen-bond acceptors (Lipinski definition) is 5. The molecule has 0 radical (unpaired) electrons. The molecule has 3 heterocycles. The van der Waals surface area contributed by atoms with Crippen molar-refractivity contribution in [2.24, 2.45) is 13.0 Å². The third-order valence-electron chi connectivity index (χ3n) is 5.37. The highest BCUT2D eigenvalue weighted by Gasteiger charge is 2.25. The fraction of sp³-hybridized carbons (Fsp3) is 0.526. The van der Waals surface area contributed by atoms with Crippen molar-refractivity contribution in [3.63, 3.8) is 0 Å². The molecule has 1 N–H and O–H groups in total. The van der Waals surface area contributed by atoms with E-state index in [0.29, 0.717) is 11.7 Å². The zero-order valence-corrected chi connectivity index (χ0v) is 17.2. The van der Waals surface area contributed by atoms with Crippen molar-refractivity contribution in [1.29, 1.82) is 0 Å². The topological polar surface area (TPSA) is 63.1 Å². The molecule has 1 fully saturated rings. The Morgan fingerprint density at radius 1 is 1.26 bits per heavy atom. The molecule has 1 aromatic carbocycles. The molecule has 0 unspecified atom stereocenters. The van der Waals surface area contributed by atoms with Gasteiger partial charge in [-0.3, -0.25) is 4.79 Å². The summed E-state index contributed by atoms with van der Waals surface area (Å²) in [6, 6.07) is 8.16. The Morgan fingerprint density at radius 3 is 2.85 bits per heavy atom. The predicted octanol–water partition coefficient (Wildman–Crippen LogP) is 2.46. The number of benzene rings is 1. The van der Waals surface area contributed by atoms with Crippen LogP contribution >= 0.6 is 24.2 Å². The molecule has 1 amide bonds. The lowest BCUT2D eigenvalue weighted by atomic mass is 9.94. The van der Waals surface area contributed by atoms with E-state index in [1.54, 1.807) is 0 Å². The van der Waals surface area contributed by atoms with Crippen LogP contribution in [0.4, 0.5) is 5.69 Å². The van der Waals surface area contributed by atoms with E-state index in [2.05, 4.69) is 26.1 Å². The van der Waals surface area contributed by atoms with Crippen LogP contribution in [0.3, 0.4) is 0 Å². The van der Waals surface area contributed by atoms with Gasteiger partial charge in [-0.15, -0.1) is 22.6 Å². The number of aromatic nitrogens is 3. The standard InChI is InChI=1S/C19H25N5OS.ClH/c1-23-17(12-14-6-9-20-10-7-14)21-22-19(23)26-13-18(25)24-11-8-15-4-2-3-5-16(15)24;/h2-5,14,20H,6-13H2,1H3;1H. The van der Waals surface area contributed by atoms with Crippen LogP contribution in [-0.4, -0.2) is 46.1 Å². The highest BCUT2D eigenvalue weighted by atomic mass is 35.5. The fourth-order valence-corrected chi connectivity index (χ4v) is 4.60. The van der Waals surface area contributed by atoms with E-state index in [9.17, 15) is 4.79 Å². The largest absolute Gasteiger partial charge is 0.317 e. The van der Waals surface area contributed by atoms with Crippen LogP contribution < -0.4 is 10.2 Å². The molecule has 0 aliphatic carbocycles. The van der Waals surface area contributed by atoms with Crippen molar-refractivity contribution in [2.75, 3.05) is 30.3 Å². The minimum atomic E-state index is 0. The molecule has 4 rings (SSSR count). The Labute approximate surface area is 170 Å². The van der Waals surface area contributed by atoms with Gasteiger partial charge in [-0.05, 0) is 49.9 Å². The molecule has 0 bridgehead atoms. The van der Waals surface area contributed by atoms with Gasteiger partial charge in [0, 0.05) is 25.7 Å². The van der Waals surface area contributed by atoms with E-state index in [-0.39, 0.29) is 18.3 Å². The molecule has 0 atom stereocenters. The van der Waals surface area contributed by atoms with Crippen molar-refractivity contribution < 1.29 is 4.79 Å². The first kappa shape index (κ1) is 20.2. The summed E-state index contributed by atoms with van der Waals surface area (Å²) in [7, 11) is 2.01. The number of carbonyl (C=O) groups is 1. The molecule has 2 aromatic rings. The lowest BCUT2D eigenvalue weighted by molar-refractivity contribution is -0.116. The van der Waals surface area contributed by atoms with Gasteiger partial charge in [0.15, 0.2) is 5.16 Å². The van der Waals surface area contributed by atoms with E-state index in [0.717, 1.165) is 49.1 Å². The fourth-order valence-electron chi connectivity index (χ4n) is 3.79. The monoisotopic (exact) mass is 407 g/mol. The first-order chi connectivity index (χ1) is 12.7. The SMILES string of the molecule is Cl.Cn1c(CC2CCNCC2)nnc1SCC(=O)N1CCc2ccccc21. The second kappa shape index (κ2) is 9.08. The zero-order valence-electron chi connectivity index (χ0n) is 15.6. The number of piperidine rings is 1. The zero-order chi connectivity index (χ0) is 17.9. The molecule has 146 valence electrons. The number of fused-ring (bicyclic) bond motifs is 1. The van der Waals surface area contributed by atoms with Gasteiger partial charge in [-0.1, -0.05) is 30.0 Å². The van der Waals surface area contributed by atoms with Gasteiger partial charge in [0.25, 0.3) is 0 Å². The molecule has 6 nitrogen and oxygen atoms in total. The third-order valence-corrected chi connectivity index (χ3v) is 6.37. The van der Waals surface area contributed by atoms with Gasteiger partial charge in [0.1, 0.15) is 5.82 Å². The van der Waals surface area contributed by atoms with Crippen LogP contribution in [0.25, 0.3) is 0 Å². The molecule has 8 heteroatoms. The number of halogens is 1. The first-order valence-electron chi connectivity index (χ1n) is 9.32. The molecule has 1 saturated heterocycles. The van der Waals surface area contributed by atoms with Crippen LogP contribution in [0.1, 0.15) is 24.2 Å². The number of para-hydroxylation sites is 1. The quantitative estimate of drug-likeness (QED) is 0.771. The third kappa shape index (κ3) is 4.47. The highest BCUT2D eigenvalue weighted by Crippen LogP contribution is 2.29. The van der Waals surface area contributed by atoms with E-state index >= 15 is 0 Å². The second-order valence-electron chi connectivity index (χ2n) is 7.07. The molecule has 27 heavy (non-hydrogen) atoms. The number of carbonyl (C=O) groups excluding carboxylic acids is 1. The van der Waals surface area contributed by atoms with Crippen molar-refractivity contribution >= 4 is 35.8 Å². The van der Waals surface area contributed by atoms with Crippen molar-refractivity contribution in [2.45, 2.75) is 30.8 Å². The van der Waals surface area contributed by atoms with Gasteiger partial charge < -0.3 is 14.8 Å². The highest BCUT2D eigenvalue weighted by molar-refractivity contribution is 7.99. The molecular weight excluding hydrogens is 382 g/mol. The Bertz CT molecular complexity index is 790. The maximum Gasteiger partial charge on any atom is 0.237 e. The van der Waals surface area contributed by atoms with Gasteiger partial charge in [-0.2, -0.15) is 0 Å². The van der Waals surface area contributed by atoms with Crippen LogP contribution in [-0.2, 0) is 24.7 Å². The van der Waals surface area contributed by atoms with Gasteiger partial charge in [0.05, 0.1) is 5.75 Å². The van der Waals surface area contributed by atoms with Gasteiger partial charge in [-0.25, -0.2) is 0 Å². The maximum absolute atomic E-state index is 12.7. The molecule has 0 saturated carbocycles. The number of thioether (sulfide) groups is 1. The number of hydrogen-bond donors (Lipinski definition) is 1. The minimum absolute atomic E-state index is 0. The first-order valence-corrected chi connectivity index (χ1v) is 10.3. The Morgan fingerprint density at radius 2 is 2.04 bits per heavy atom. The molecule has 2 aliphatic heterocycles. The molecule has 2 aliphatic rings. The van der Waals surface area contributed by atoms with Gasteiger partial charge >= 0.3 is 0 Å². The van der Waals surface area contributed by atoms with Crippen molar-refractivity contribution in [1.82, 2.24) is 20.1 Å². The summed E-state index contributed by atoms with van der Waals surface area (Å²) < 4.78 is 2.05. The smallest absolute Gasteiger partial charge is 0.237 e. The maximum atomic E-state index is 12.7. The number of anilines is 1.